The Bertz CT molecular complexity index is 981. The van der Waals surface area contributed by atoms with Crippen LogP contribution in [0.5, 0.6) is 0 Å². The van der Waals surface area contributed by atoms with Gasteiger partial charge in [0.1, 0.15) is 19.3 Å². The number of ether oxygens (including phenoxy) is 2. The number of rotatable bonds is 13. The molecule has 0 radical (unpaired) electrons. The van der Waals surface area contributed by atoms with E-state index in [2.05, 4.69) is 22.8 Å². The molecule has 0 unspecified atom stereocenters. The molecule has 6 nitrogen and oxygen atoms in total. The standard InChI is InChI=1S/C28H32N2O4/c31-27(33-21-24-14-6-2-7-15-24)26(30-28(32)34-22-25-16-8-3-9-17-25)18-10-11-19-29-20-23-12-4-1-5-13-23/h1-9,12-17,26,29H,10-11,18-22H2,(H,30,32)/t26-/m0/s1. The lowest BCUT2D eigenvalue weighted by molar-refractivity contribution is -0.147. The van der Waals surface area contributed by atoms with Crippen molar-refractivity contribution in [2.45, 2.75) is 45.1 Å². The first-order valence-corrected chi connectivity index (χ1v) is 11.6. The molecule has 0 saturated heterocycles. The molecule has 3 aromatic carbocycles. The number of nitrogens with one attached hydrogen (secondary N) is 2. The predicted octanol–water partition coefficient (Wildman–Crippen LogP) is 4.98. The molecular weight excluding hydrogens is 428 g/mol. The molecule has 6 heteroatoms. The number of carbonyl (C=O) groups is 2. The first kappa shape index (κ1) is 25.0. The van der Waals surface area contributed by atoms with E-state index in [1.165, 1.54) is 5.56 Å². The van der Waals surface area contributed by atoms with Gasteiger partial charge in [0.15, 0.2) is 0 Å². The molecule has 0 heterocycles. The van der Waals surface area contributed by atoms with Crippen LogP contribution in [0.1, 0.15) is 36.0 Å². The fourth-order valence-corrected chi connectivity index (χ4v) is 3.41. The summed E-state index contributed by atoms with van der Waals surface area (Å²) in [6, 6.07) is 28.3. The van der Waals surface area contributed by atoms with E-state index < -0.39 is 18.1 Å². The SMILES string of the molecule is O=C(N[C@@H](CCCCNCc1ccccc1)C(=O)OCc1ccccc1)OCc1ccccc1. The van der Waals surface area contributed by atoms with Gasteiger partial charge in [-0.3, -0.25) is 0 Å². The molecule has 178 valence electrons. The summed E-state index contributed by atoms with van der Waals surface area (Å²) >= 11 is 0. The van der Waals surface area contributed by atoms with Crippen molar-refractivity contribution in [2.24, 2.45) is 0 Å². The Kier molecular flexibility index (Phi) is 10.7. The molecule has 0 saturated carbocycles. The molecule has 0 aromatic heterocycles. The van der Waals surface area contributed by atoms with Crippen molar-refractivity contribution >= 4 is 12.1 Å². The van der Waals surface area contributed by atoms with Gasteiger partial charge in [-0.1, -0.05) is 91.0 Å². The molecule has 0 spiro atoms. The zero-order chi connectivity index (χ0) is 23.8. The molecule has 0 aliphatic rings. The molecule has 1 amide bonds. The number of hydrogen-bond acceptors (Lipinski definition) is 5. The summed E-state index contributed by atoms with van der Waals surface area (Å²) in [5.74, 6) is -0.460. The highest BCUT2D eigenvalue weighted by Gasteiger charge is 2.23. The van der Waals surface area contributed by atoms with E-state index in [0.29, 0.717) is 6.42 Å². The molecular formula is C28H32N2O4. The molecule has 34 heavy (non-hydrogen) atoms. The van der Waals surface area contributed by atoms with Gasteiger partial charge in [0.05, 0.1) is 0 Å². The van der Waals surface area contributed by atoms with Crippen molar-refractivity contribution in [1.29, 1.82) is 0 Å². The van der Waals surface area contributed by atoms with E-state index in [9.17, 15) is 9.59 Å². The minimum absolute atomic E-state index is 0.141. The smallest absolute Gasteiger partial charge is 0.408 e. The van der Waals surface area contributed by atoms with E-state index in [0.717, 1.165) is 37.1 Å². The summed E-state index contributed by atoms with van der Waals surface area (Å²) in [7, 11) is 0. The first-order valence-electron chi connectivity index (χ1n) is 11.6. The maximum atomic E-state index is 12.7. The second kappa shape index (κ2) is 14.5. The van der Waals surface area contributed by atoms with Crippen LogP contribution in [0.25, 0.3) is 0 Å². The molecule has 3 aromatic rings. The Morgan fingerprint density at radius 1 is 0.676 bits per heavy atom. The lowest BCUT2D eigenvalue weighted by Gasteiger charge is -2.18. The van der Waals surface area contributed by atoms with Crippen LogP contribution < -0.4 is 10.6 Å². The normalized spacial score (nSPS) is 11.4. The zero-order valence-corrected chi connectivity index (χ0v) is 19.3. The fraction of sp³-hybridized carbons (Fsp3) is 0.286. The quantitative estimate of drug-likeness (QED) is 0.278. The summed E-state index contributed by atoms with van der Waals surface area (Å²) in [5, 5.41) is 6.09. The van der Waals surface area contributed by atoms with Crippen molar-refractivity contribution < 1.29 is 19.1 Å². The average Bonchev–Trinajstić information content (AvgIpc) is 2.89. The van der Waals surface area contributed by atoms with Crippen molar-refractivity contribution in [2.75, 3.05) is 6.54 Å². The van der Waals surface area contributed by atoms with E-state index in [-0.39, 0.29) is 13.2 Å². The number of esters is 1. The third-order valence-electron chi connectivity index (χ3n) is 5.28. The van der Waals surface area contributed by atoms with Gasteiger partial charge in [-0.2, -0.15) is 0 Å². The van der Waals surface area contributed by atoms with E-state index >= 15 is 0 Å². The van der Waals surface area contributed by atoms with Gasteiger partial charge in [-0.25, -0.2) is 9.59 Å². The van der Waals surface area contributed by atoms with Crippen LogP contribution in [-0.4, -0.2) is 24.6 Å². The molecule has 0 aliphatic carbocycles. The van der Waals surface area contributed by atoms with Gasteiger partial charge < -0.3 is 20.1 Å². The maximum Gasteiger partial charge on any atom is 0.408 e. The van der Waals surface area contributed by atoms with E-state index in [4.69, 9.17) is 9.47 Å². The van der Waals surface area contributed by atoms with Crippen LogP contribution in [0.4, 0.5) is 4.79 Å². The zero-order valence-electron chi connectivity index (χ0n) is 19.3. The largest absolute Gasteiger partial charge is 0.459 e. The van der Waals surface area contributed by atoms with Gasteiger partial charge in [0.2, 0.25) is 0 Å². The van der Waals surface area contributed by atoms with Crippen LogP contribution in [0.2, 0.25) is 0 Å². The second-order valence-electron chi connectivity index (χ2n) is 8.01. The molecule has 0 aliphatic heterocycles. The Morgan fingerprint density at radius 3 is 1.79 bits per heavy atom. The molecule has 0 fully saturated rings. The maximum absolute atomic E-state index is 12.7. The lowest BCUT2D eigenvalue weighted by atomic mass is 10.1. The minimum atomic E-state index is -0.763. The summed E-state index contributed by atoms with van der Waals surface area (Å²) in [5.41, 5.74) is 3.00. The second-order valence-corrected chi connectivity index (χ2v) is 8.01. The Labute approximate surface area is 201 Å². The molecule has 3 rings (SSSR count). The van der Waals surface area contributed by atoms with Crippen molar-refractivity contribution in [1.82, 2.24) is 10.6 Å². The summed E-state index contributed by atoms with van der Waals surface area (Å²) < 4.78 is 10.8. The predicted molar refractivity (Wildman–Crippen MR) is 132 cm³/mol. The van der Waals surface area contributed by atoms with Gasteiger partial charge in [-0.15, -0.1) is 0 Å². The Balaban J connectivity index is 1.44. The van der Waals surface area contributed by atoms with Crippen LogP contribution in [-0.2, 0) is 34.0 Å². The van der Waals surface area contributed by atoms with Crippen LogP contribution in [0.3, 0.4) is 0 Å². The van der Waals surface area contributed by atoms with Crippen molar-refractivity contribution in [3.63, 3.8) is 0 Å². The minimum Gasteiger partial charge on any atom is -0.459 e. The first-order chi connectivity index (χ1) is 16.7. The summed E-state index contributed by atoms with van der Waals surface area (Å²) in [6.07, 6.45) is 1.47. The number of benzene rings is 3. The fourth-order valence-electron chi connectivity index (χ4n) is 3.41. The topological polar surface area (TPSA) is 76.7 Å². The van der Waals surface area contributed by atoms with E-state index in [1.54, 1.807) is 0 Å². The van der Waals surface area contributed by atoms with E-state index in [1.807, 2.05) is 78.9 Å². The lowest BCUT2D eigenvalue weighted by Crippen LogP contribution is -2.42. The van der Waals surface area contributed by atoms with Gasteiger partial charge in [-0.05, 0) is 42.5 Å². The third kappa shape index (κ3) is 9.46. The van der Waals surface area contributed by atoms with Crippen molar-refractivity contribution in [3.8, 4) is 0 Å². The van der Waals surface area contributed by atoms with Crippen molar-refractivity contribution in [3.05, 3.63) is 108 Å². The van der Waals surface area contributed by atoms with Crippen LogP contribution in [0.15, 0.2) is 91.0 Å². The Morgan fingerprint density at radius 2 is 1.21 bits per heavy atom. The third-order valence-corrected chi connectivity index (χ3v) is 5.28. The number of carbonyl (C=O) groups excluding carboxylic acids is 2. The highest BCUT2D eigenvalue weighted by atomic mass is 16.6. The monoisotopic (exact) mass is 460 g/mol. The van der Waals surface area contributed by atoms with Gasteiger partial charge >= 0.3 is 12.1 Å². The van der Waals surface area contributed by atoms with Gasteiger partial charge in [0.25, 0.3) is 0 Å². The summed E-state index contributed by atoms with van der Waals surface area (Å²) in [4.78, 5) is 25.1. The van der Waals surface area contributed by atoms with Crippen LogP contribution in [0, 0.1) is 0 Å². The molecule has 2 N–H and O–H groups in total. The van der Waals surface area contributed by atoms with Crippen LogP contribution >= 0.6 is 0 Å². The number of alkyl carbamates (subject to hydrolysis) is 1. The molecule has 0 bridgehead atoms. The highest BCUT2D eigenvalue weighted by molar-refractivity contribution is 5.81. The average molecular weight is 461 g/mol. The van der Waals surface area contributed by atoms with Gasteiger partial charge in [0, 0.05) is 6.54 Å². The number of hydrogen-bond donors (Lipinski definition) is 2. The molecule has 1 atom stereocenters. The number of amides is 1. The number of unbranched alkanes of at least 4 members (excludes halogenated alkanes) is 1. The Hall–Kier alpha value is -3.64. The summed E-state index contributed by atoms with van der Waals surface area (Å²) in [6.45, 7) is 1.92. The highest BCUT2D eigenvalue weighted by Crippen LogP contribution is 2.08.